The number of rotatable bonds is 10. The Labute approximate surface area is 237 Å². The molecule has 0 saturated heterocycles. The molecule has 14 heteroatoms. The summed E-state index contributed by atoms with van der Waals surface area (Å²) in [7, 11) is 0. The van der Waals surface area contributed by atoms with Crippen molar-refractivity contribution in [3.05, 3.63) is 89.1 Å². The molecule has 0 fully saturated rings. The SMILES string of the molecule is CC(n1ncn(-c2ccc(OCC(F)(F)C(C)(F)F)cc2)c1=O)C(Cn1cncn1)(c1ccc(F)cc1F)C(C)(C)C. The highest BCUT2D eigenvalue weighted by Gasteiger charge is 2.53. The fraction of sp³-hybridized carbons (Fsp3) is 0.429. The molecule has 0 N–H and O–H groups in total. The highest BCUT2D eigenvalue weighted by atomic mass is 19.3. The predicted molar refractivity (Wildman–Crippen MR) is 141 cm³/mol. The predicted octanol–water partition coefficient (Wildman–Crippen LogP) is 5.82. The maximum atomic E-state index is 15.5. The van der Waals surface area contributed by atoms with Crippen LogP contribution in [0.1, 0.15) is 46.2 Å². The van der Waals surface area contributed by atoms with Gasteiger partial charge in [0, 0.05) is 18.4 Å². The van der Waals surface area contributed by atoms with Gasteiger partial charge in [-0.1, -0.05) is 26.8 Å². The van der Waals surface area contributed by atoms with Crippen LogP contribution in [0.5, 0.6) is 5.75 Å². The van der Waals surface area contributed by atoms with E-state index in [1.54, 1.807) is 6.92 Å². The fourth-order valence-corrected chi connectivity index (χ4v) is 5.10. The monoisotopic (exact) mass is 596 g/mol. The largest absolute Gasteiger partial charge is 0.487 e. The molecule has 0 bridgehead atoms. The maximum Gasteiger partial charge on any atom is 0.350 e. The van der Waals surface area contributed by atoms with Crippen molar-refractivity contribution in [3.8, 4) is 11.4 Å². The first kappa shape index (κ1) is 30.8. The van der Waals surface area contributed by atoms with E-state index in [4.69, 9.17) is 4.74 Å². The van der Waals surface area contributed by atoms with Gasteiger partial charge in [0.15, 0.2) is 6.61 Å². The minimum absolute atomic E-state index is 0.0625. The zero-order chi connectivity index (χ0) is 31.1. The molecule has 226 valence electrons. The molecule has 0 saturated carbocycles. The van der Waals surface area contributed by atoms with Gasteiger partial charge >= 0.3 is 17.5 Å². The molecule has 2 aromatic heterocycles. The van der Waals surface area contributed by atoms with Gasteiger partial charge in [0.25, 0.3) is 0 Å². The second-order valence-electron chi connectivity index (χ2n) is 11.2. The quantitative estimate of drug-likeness (QED) is 0.216. The zero-order valence-electron chi connectivity index (χ0n) is 23.5. The lowest BCUT2D eigenvalue weighted by Gasteiger charge is -2.49. The minimum atomic E-state index is -4.38. The molecular formula is C28H30F6N6O2. The summed E-state index contributed by atoms with van der Waals surface area (Å²) in [6.07, 6.45) is 4.02. The Kier molecular flexibility index (Phi) is 8.04. The van der Waals surface area contributed by atoms with E-state index in [-0.39, 0.29) is 30.5 Å². The Hall–Kier alpha value is -4.10. The summed E-state index contributed by atoms with van der Waals surface area (Å²) < 4.78 is 91.5. The lowest BCUT2D eigenvalue weighted by atomic mass is 9.58. The van der Waals surface area contributed by atoms with E-state index in [2.05, 4.69) is 15.2 Å². The van der Waals surface area contributed by atoms with Crippen molar-refractivity contribution in [2.75, 3.05) is 6.61 Å². The molecular weight excluding hydrogens is 566 g/mol. The third-order valence-corrected chi connectivity index (χ3v) is 7.58. The summed E-state index contributed by atoms with van der Waals surface area (Å²) >= 11 is 0. The number of nitrogens with zero attached hydrogens (tertiary/aromatic N) is 6. The van der Waals surface area contributed by atoms with Crippen molar-refractivity contribution in [2.45, 2.75) is 64.5 Å². The molecule has 0 spiro atoms. The number of halogens is 6. The van der Waals surface area contributed by atoms with E-state index in [0.29, 0.717) is 0 Å². The zero-order valence-corrected chi connectivity index (χ0v) is 23.5. The van der Waals surface area contributed by atoms with Crippen LogP contribution < -0.4 is 10.4 Å². The van der Waals surface area contributed by atoms with E-state index < -0.39 is 52.6 Å². The summed E-state index contributed by atoms with van der Waals surface area (Å²) in [6.45, 7) is 5.92. The van der Waals surface area contributed by atoms with Crippen LogP contribution >= 0.6 is 0 Å². The normalized spacial score (nSPS) is 14.9. The molecule has 4 rings (SSSR count). The number of ether oxygens (including phenoxy) is 1. The first-order valence-electron chi connectivity index (χ1n) is 12.9. The van der Waals surface area contributed by atoms with Crippen molar-refractivity contribution in [1.29, 1.82) is 0 Å². The first-order chi connectivity index (χ1) is 19.5. The van der Waals surface area contributed by atoms with Crippen LogP contribution in [0.4, 0.5) is 26.3 Å². The maximum absolute atomic E-state index is 15.5. The smallest absolute Gasteiger partial charge is 0.350 e. The van der Waals surface area contributed by atoms with Crippen molar-refractivity contribution < 1.29 is 31.1 Å². The van der Waals surface area contributed by atoms with Gasteiger partial charge in [-0.3, -0.25) is 4.68 Å². The third kappa shape index (κ3) is 5.66. The summed E-state index contributed by atoms with van der Waals surface area (Å²) in [5.74, 6) is -10.3. The Bertz CT molecular complexity index is 1570. The molecule has 2 atom stereocenters. The van der Waals surface area contributed by atoms with Crippen LogP contribution in [-0.2, 0) is 12.0 Å². The second-order valence-corrected chi connectivity index (χ2v) is 11.2. The summed E-state index contributed by atoms with van der Waals surface area (Å²) in [6, 6.07) is 7.72. The molecule has 0 aliphatic carbocycles. The number of aromatic nitrogens is 6. The standard InChI is InChI=1S/C28H30F6N6O2/c1-18(27(25(2,3)4,13-38-16-35-15-36-38)22-11-6-19(29)12-23(22)30)40-24(41)39(17-37-40)20-7-9-21(10-8-20)42-14-28(33,34)26(5,31)32/h6-12,15-18H,13-14H2,1-5H3. The van der Waals surface area contributed by atoms with Gasteiger partial charge in [0.2, 0.25) is 0 Å². The fourth-order valence-electron chi connectivity index (χ4n) is 5.10. The first-order valence-corrected chi connectivity index (χ1v) is 12.9. The lowest BCUT2D eigenvalue weighted by molar-refractivity contribution is -0.211. The number of hydrogen-bond acceptors (Lipinski definition) is 5. The van der Waals surface area contributed by atoms with Crippen LogP contribution in [-0.4, -0.2) is 47.6 Å². The van der Waals surface area contributed by atoms with Gasteiger partial charge in [0.1, 0.15) is 36.4 Å². The number of hydrogen-bond donors (Lipinski definition) is 0. The topological polar surface area (TPSA) is 79.8 Å². The van der Waals surface area contributed by atoms with Crippen molar-refractivity contribution in [3.63, 3.8) is 0 Å². The van der Waals surface area contributed by atoms with Gasteiger partial charge in [-0.25, -0.2) is 36.6 Å². The van der Waals surface area contributed by atoms with Crippen molar-refractivity contribution >= 4 is 0 Å². The number of alkyl halides is 4. The molecule has 2 aromatic carbocycles. The molecule has 42 heavy (non-hydrogen) atoms. The third-order valence-electron chi connectivity index (χ3n) is 7.58. The van der Waals surface area contributed by atoms with E-state index >= 15 is 4.39 Å². The molecule has 0 amide bonds. The van der Waals surface area contributed by atoms with Gasteiger partial charge in [-0.15, -0.1) is 0 Å². The Morgan fingerprint density at radius 2 is 1.60 bits per heavy atom. The van der Waals surface area contributed by atoms with Crippen molar-refractivity contribution in [2.24, 2.45) is 5.41 Å². The van der Waals surface area contributed by atoms with E-state index in [1.165, 1.54) is 63.2 Å². The molecule has 4 aromatic rings. The van der Waals surface area contributed by atoms with Crippen LogP contribution in [0.25, 0.3) is 5.69 Å². The molecule has 0 radical (unpaired) electrons. The summed E-state index contributed by atoms with van der Waals surface area (Å²) in [4.78, 5) is 17.6. The van der Waals surface area contributed by atoms with Gasteiger partial charge in [-0.05, 0) is 48.2 Å². The summed E-state index contributed by atoms with van der Waals surface area (Å²) in [5, 5.41) is 8.49. The van der Waals surface area contributed by atoms with Crippen molar-refractivity contribution in [1.82, 2.24) is 29.1 Å². The highest BCUT2D eigenvalue weighted by Crippen LogP contribution is 2.51. The Morgan fingerprint density at radius 1 is 0.929 bits per heavy atom. The van der Waals surface area contributed by atoms with Gasteiger partial charge in [0.05, 0.1) is 18.3 Å². The highest BCUT2D eigenvalue weighted by molar-refractivity contribution is 5.37. The van der Waals surface area contributed by atoms with Crippen LogP contribution in [0.2, 0.25) is 0 Å². The Balaban J connectivity index is 1.73. The van der Waals surface area contributed by atoms with Crippen LogP contribution in [0.15, 0.2) is 66.2 Å². The van der Waals surface area contributed by atoms with E-state index in [1.807, 2.05) is 20.8 Å². The van der Waals surface area contributed by atoms with Crippen LogP contribution in [0, 0.1) is 17.0 Å². The van der Waals surface area contributed by atoms with Crippen LogP contribution in [0.3, 0.4) is 0 Å². The second kappa shape index (κ2) is 11.0. The molecule has 2 heterocycles. The average Bonchev–Trinajstić information content (AvgIpc) is 3.54. The summed E-state index contributed by atoms with van der Waals surface area (Å²) in [5.41, 5.74) is -2.15. The average molecular weight is 597 g/mol. The minimum Gasteiger partial charge on any atom is -0.487 e. The molecule has 2 unspecified atom stereocenters. The molecule has 8 nitrogen and oxygen atoms in total. The van der Waals surface area contributed by atoms with E-state index in [9.17, 15) is 26.7 Å². The van der Waals surface area contributed by atoms with Gasteiger partial charge in [-0.2, -0.15) is 19.0 Å². The lowest BCUT2D eigenvalue weighted by Crippen LogP contribution is -2.52. The molecule has 0 aliphatic heterocycles. The van der Waals surface area contributed by atoms with E-state index in [0.717, 1.165) is 12.1 Å². The van der Waals surface area contributed by atoms with Gasteiger partial charge < -0.3 is 4.74 Å². The Morgan fingerprint density at radius 3 is 2.14 bits per heavy atom. The molecule has 0 aliphatic rings. The number of benzene rings is 2.